The highest BCUT2D eigenvalue weighted by atomic mass is 32.1. The highest BCUT2D eigenvalue weighted by molar-refractivity contribution is 7.80. The second-order valence-electron chi connectivity index (χ2n) is 5.91. The van der Waals surface area contributed by atoms with Crippen LogP contribution in [0.1, 0.15) is 10.6 Å². The van der Waals surface area contributed by atoms with Crippen LogP contribution in [0, 0.1) is 10.1 Å². The van der Waals surface area contributed by atoms with Crippen molar-refractivity contribution in [1.29, 1.82) is 0 Å². The van der Waals surface area contributed by atoms with Crippen molar-refractivity contribution >= 4 is 34.6 Å². The summed E-state index contributed by atoms with van der Waals surface area (Å²) in [5.74, 6) is 0.613. The molecule has 2 aromatic carbocycles. The third-order valence-corrected chi connectivity index (χ3v) is 4.28. The summed E-state index contributed by atoms with van der Waals surface area (Å²) < 4.78 is 15.9. The van der Waals surface area contributed by atoms with E-state index in [1.165, 1.54) is 32.4 Å². The van der Waals surface area contributed by atoms with E-state index in [-0.39, 0.29) is 27.9 Å². The molecule has 0 saturated carbocycles. The van der Waals surface area contributed by atoms with Gasteiger partial charge in [0.1, 0.15) is 17.3 Å². The molecular formula is C20H17N3O6S. The van der Waals surface area contributed by atoms with Gasteiger partial charge in [-0.05, 0) is 42.5 Å². The molecule has 154 valence electrons. The number of hydrogen-bond acceptors (Lipinski definition) is 7. The number of ether oxygens (including phenoxy) is 2. The van der Waals surface area contributed by atoms with E-state index in [2.05, 4.69) is 10.6 Å². The first-order valence-electron chi connectivity index (χ1n) is 8.61. The maximum absolute atomic E-state index is 12.5. The molecule has 2 N–H and O–H groups in total. The largest absolute Gasteiger partial charge is 0.497 e. The zero-order valence-electron chi connectivity index (χ0n) is 16.0. The van der Waals surface area contributed by atoms with Crippen molar-refractivity contribution in [3.8, 4) is 22.8 Å². The minimum Gasteiger partial charge on any atom is -0.497 e. The number of benzene rings is 2. The van der Waals surface area contributed by atoms with E-state index in [9.17, 15) is 14.9 Å². The molecule has 0 atom stereocenters. The van der Waals surface area contributed by atoms with Crippen LogP contribution < -0.4 is 20.1 Å². The Kier molecular flexibility index (Phi) is 6.28. The van der Waals surface area contributed by atoms with Gasteiger partial charge in [-0.3, -0.25) is 20.2 Å². The Balaban J connectivity index is 1.74. The molecule has 0 bridgehead atoms. The van der Waals surface area contributed by atoms with Crippen molar-refractivity contribution in [3.05, 3.63) is 70.5 Å². The predicted molar refractivity (Wildman–Crippen MR) is 114 cm³/mol. The molecule has 0 aliphatic carbocycles. The van der Waals surface area contributed by atoms with Crippen molar-refractivity contribution in [3.63, 3.8) is 0 Å². The molecule has 0 unspecified atom stereocenters. The van der Waals surface area contributed by atoms with E-state index in [4.69, 9.17) is 26.1 Å². The number of methoxy groups -OCH3 is 2. The number of para-hydroxylation sites is 1. The van der Waals surface area contributed by atoms with Gasteiger partial charge in [-0.15, -0.1) is 0 Å². The minimum absolute atomic E-state index is 0.00944. The number of anilines is 1. The highest BCUT2D eigenvalue weighted by Gasteiger charge is 2.20. The van der Waals surface area contributed by atoms with Gasteiger partial charge in [-0.25, -0.2) is 0 Å². The third-order valence-electron chi connectivity index (χ3n) is 4.08. The van der Waals surface area contributed by atoms with Crippen molar-refractivity contribution in [1.82, 2.24) is 5.32 Å². The van der Waals surface area contributed by atoms with Crippen LogP contribution in [0.2, 0.25) is 0 Å². The fourth-order valence-corrected chi connectivity index (χ4v) is 2.88. The van der Waals surface area contributed by atoms with Gasteiger partial charge in [0, 0.05) is 12.1 Å². The molecule has 1 aromatic heterocycles. The van der Waals surface area contributed by atoms with Gasteiger partial charge in [-0.2, -0.15) is 0 Å². The van der Waals surface area contributed by atoms with Crippen molar-refractivity contribution < 1.29 is 23.6 Å². The van der Waals surface area contributed by atoms with Crippen LogP contribution >= 0.6 is 12.2 Å². The summed E-state index contributed by atoms with van der Waals surface area (Å²) in [7, 11) is 3.03. The number of furan rings is 1. The van der Waals surface area contributed by atoms with Crippen LogP contribution in [0.3, 0.4) is 0 Å². The molecule has 10 heteroatoms. The summed E-state index contributed by atoms with van der Waals surface area (Å²) in [6, 6.07) is 14.1. The Morgan fingerprint density at radius 1 is 1.10 bits per heavy atom. The van der Waals surface area contributed by atoms with Gasteiger partial charge in [0.15, 0.2) is 10.9 Å². The SMILES string of the molecule is COc1ccc(OC)c(NC(=S)NC(=O)c2ccc(-c3ccccc3[N+](=O)[O-])o2)c1. The monoisotopic (exact) mass is 427 g/mol. The molecule has 0 saturated heterocycles. The lowest BCUT2D eigenvalue weighted by Crippen LogP contribution is -2.34. The molecule has 0 aliphatic heterocycles. The number of nitro benzene ring substituents is 1. The Morgan fingerprint density at radius 2 is 1.87 bits per heavy atom. The normalized spacial score (nSPS) is 10.2. The van der Waals surface area contributed by atoms with Crippen molar-refractivity contribution in [2.75, 3.05) is 19.5 Å². The molecule has 0 radical (unpaired) electrons. The first-order valence-corrected chi connectivity index (χ1v) is 9.01. The molecule has 3 rings (SSSR count). The lowest BCUT2D eigenvalue weighted by atomic mass is 10.1. The maximum atomic E-state index is 12.5. The van der Waals surface area contributed by atoms with Gasteiger partial charge < -0.3 is 19.2 Å². The van der Waals surface area contributed by atoms with Gasteiger partial charge in [0.05, 0.1) is 30.4 Å². The Bertz CT molecular complexity index is 1110. The number of carbonyl (C=O) groups is 1. The van der Waals surface area contributed by atoms with E-state index in [1.54, 1.807) is 36.4 Å². The van der Waals surface area contributed by atoms with Crippen LogP contribution in [0.4, 0.5) is 11.4 Å². The molecule has 30 heavy (non-hydrogen) atoms. The number of nitrogens with zero attached hydrogens (tertiary/aromatic N) is 1. The molecule has 3 aromatic rings. The van der Waals surface area contributed by atoms with Crippen molar-refractivity contribution in [2.24, 2.45) is 0 Å². The Labute approximate surface area is 176 Å². The average Bonchev–Trinajstić information content (AvgIpc) is 3.24. The molecule has 0 aliphatic rings. The van der Waals surface area contributed by atoms with Crippen LogP contribution in [0.15, 0.2) is 59.0 Å². The minimum atomic E-state index is -0.612. The smallest absolute Gasteiger partial charge is 0.293 e. The maximum Gasteiger partial charge on any atom is 0.293 e. The van der Waals surface area contributed by atoms with Crippen LogP contribution in [0.5, 0.6) is 11.5 Å². The highest BCUT2D eigenvalue weighted by Crippen LogP contribution is 2.31. The first-order chi connectivity index (χ1) is 14.4. The zero-order chi connectivity index (χ0) is 21.7. The lowest BCUT2D eigenvalue weighted by molar-refractivity contribution is -0.384. The quantitative estimate of drug-likeness (QED) is 0.345. The lowest BCUT2D eigenvalue weighted by Gasteiger charge is -2.13. The molecular weight excluding hydrogens is 410 g/mol. The topological polar surface area (TPSA) is 116 Å². The molecule has 1 heterocycles. The van der Waals surface area contributed by atoms with Gasteiger partial charge in [0.2, 0.25) is 0 Å². The van der Waals surface area contributed by atoms with Crippen LogP contribution in [-0.4, -0.2) is 30.2 Å². The Morgan fingerprint density at radius 3 is 2.57 bits per heavy atom. The second-order valence-corrected chi connectivity index (χ2v) is 6.32. The number of hydrogen-bond donors (Lipinski definition) is 2. The van der Waals surface area contributed by atoms with Crippen LogP contribution in [0.25, 0.3) is 11.3 Å². The molecule has 0 spiro atoms. The number of carbonyl (C=O) groups excluding carboxylic acids is 1. The van der Waals surface area contributed by atoms with Crippen molar-refractivity contribution in [2.45, 2.75) is 0 Å². The van der Waals surface area contributed by atoms with Gasteiger partial charge in [-0.1, -0.05) is 12.1 Å². The number of nitro groups is 1. The van der Waals surface area contributed by atoms with E-state index < -0.39 is 10.8 Å². The predicted octanol–water partition coefficient (Wildman–Crippen LogP) is 4.00. The summed E-state index contributed by atoms with van der Waals surface area (Å²) in [5, 5.41) is 16.6. The van der Waals surface area contributed by atoms with Gasteiger partial charge in [0.25, 0.3) is 11.6 Å². The number of amides is 1. The van der Waals surface area contributed by atoms with Gasteiger partial charge >= 0.3 is 0 Å². The fraction of sp³-hybridized carbons (Fsp3) is 0.100. The standard InChI is InChI=1S/C20H17N3O6S/c1-27-12-7-8-17(28-2)14(11-12)21-20(30)22-19(24)18-10-9-16(29-18)13-5-3-4-6-15(13)23(25)26/h3-11H,1-2H3,(H2,21,22,24,30). The summed E-state index contributed by atoms with van der Waals surface area (Å²) in [6.07, 6.45) is 0. The number of nitrogens with one attached hydrogen (secondary N) is 2. The third kappa shape index (κ3) is 4.55. The molecule has 9 nitrogen and oxygen atoms in total. The average molecular weight is 427 g/mol. The summed E-state index contributed by atoms with van der Waals surface area (Å²) in [4.78, 5) is 23.1. The van der Waals surface area contributed by atoms with E-state index >= 15 is 0 Å². The summed E-state index contributed by atoms with van der Waals surface area (Å²) >= 11 is 5.18. The van der Waals surface area contributed by atoms with E-state index in [0.29, 0.717) is 17.2 Å². The zero-order valence-corrected chi connectivity index (χ0v) is 16.8. The Hall–Kier alpha value is -3.92. The summed E-state index contributed by atoms with van der Waals surface area (Å²) in [5.41, 5.74) is 0.645. The van der Waals surface area contributed by atoms with E-state index in [1.807, 2.05) is 0 Å². The van der Waals surface area contributed by atoms with E-state index in [0.717, 1.165) is 0 Å². The van der Waals surface area contributed by atoms with Crippen LogP contribution in [-0.2, 0) is 0 Å². The molecule has 0 fully saturated rings. The fourth-order valence-electron chi connectivity index (χ4n) is 2.68. The number of thiocarbonyl (C=S) groups is 1. The number of rotatable bonds is 6. The second kappa shape index (κ2) is 9.05. The summed E-state index contributed by atoms with van der Waals surface area (Å²) in [6.45, 7) is 0. The first kappa shape index (κ1) is 20.8. The molecule has 1 amide bonds.